The number of phenolic OH excluding ortho intramolecular Hbond substituents is 1. The average molecular weight is 477 g/mol. The van der Waals surface area contributed by atoms with Crippen LogP contribution in [0.3, 0.4) is 0 Å². The molecule has 0 radical (unpaired) electrons. The highest BCUT2D eigenvalue weighted by molar-refractivity contribution is 6.30. The Kier molecular flexibility index (Phi) is 5.26. The Bertz CT molecular complexity index is 1610. The van der Waals surface area contributed by atoms with Gasteiger partial charge in [0.15, 0.2) is 5.58 Å². The molecule has 0 fully saturated rings. The van der Waals surface area contributed by atoms with Gasteiger partial charge in [-0.3, -0.25) is 9.59 Å². The summed E-state index contributed by atoms with van der Waals surface area (Å²) in [4.78, 5) is 25.1. The number of hydrogen-bond acceptors (Lipinski definition) is 6. The lowest BCUT2D eigenvalue weighted by Gasteiger charge is -2.06. The molecule has 0 bridgehead atoms. The van der Waals surface area contributed by atoms with Gasteiger partial charge in [0.2, 0.25) is 5.43 Å². The number of carboxylic acid groups (broad SMARTS) is 1. The van der Waals surface area contributed by atoms with Gasteiger partial charge in [0.05, 0.1) is 24.5 Å². The van der Waals surface area contributed by atoms with Gasteiger partial charge in [-0.25, -0.2) is 0 Å². The van der Waals surface area contributed by atoms with Crippen molar-refractivity contribution in [2.75, 3.05) is 7.11 Å². The Morgan fingerprint density at radius 3 is 2.35 bits per heavy atom. The van der Waals surface area contributed by atoms with Gasteiger partial charge in [0.25, 0.3) is 0 Å². The molecule has 0 aliphatic rings. The van der Waals surface area contributed by atoms with Gasteiger partial charge in [-0.2, -0.15) is 0 Å². The second-order valence-electron chi connectivity index (χ2n) is 7.67. The van der Waals surface area contributed by atoms with E-state index in [1.54, 1.807) is 55.6 Å². The Morgan fingerprint density at radius 2 is 1.71 bits per heavy atom. The molecule has 0 saturated carbocycles. The molecule has 0 aliphatic carbocycles. The van der Waals surface area contributed by atoms with Crippen molar-refractivity contribution in [2.24, 2.45) is 0 Å². The van der Waals surface area contributed by atoms with Crippen LogP contribution in [0.4, 0.5) is 0 Å². The molecule has 5 aromatic rings. The Morgan fingerprint density at radius 1 is 1.03 bits per heavy atom. The lowest BCUT2D eigenvalue weighted by atomic mass is 9.99. The number of fused-ring (bicyclic) bond motifs is 3. The van der Waals surface area contributed by atoms with Crippen molar-refractivity contribution in [1.82, 2.24) is 0 Å². The van der Waals surface area contributed by atoms with Gasteiger partial charge in [-0.15, -0.1) is 0 Å². The van der Waals surface area contributed by atoms with E-state index in [0.29, 0.717) is 38.6 Å². The summed E-state index contributed by atoms with van der Waals surface area (Å²) < 4.78 is 17.0. The van der Waals surface area contributed by atoms with Crippen molar-refractivity contribution >= 4 is 39.5 Å². The van der Waals surface area contributed by atoms with Crippen molar-refractivity contribution < 1.29 is 28.6 Å². The molecule has 3 aromatic carbocycles. The van der Waals surface area contributed by atoms with E-state index in [0.717, 1.165) is 0 Å². The summed E-state index contributed by atoms with van der Waals surface area (Å²) >= 11 is 5.95. The Hall–Kier alpha value is -4.23. The molecule has 2 heterocycles. The van der Waals surface area contributed by atoms with Crippen LogP contribution >= 0.6 is 11.6 Å². The predicted octanol–water partition coefficient (Wildman–Crippen LogP) is 5.87. The molecule has 0 atom stereocenters. The molecule has 0 saturated heterocycles. The fourth-order valence-electron chi connectivity index (χ4n) is 4.04. The number of halogens is 1. The normalized spacial score (nSPS) is 11.2. The van der Waals surface area contributed by atoms with Crippen molar-refractivity contribution in [2.45, 2.75) is 6.42 Å². The third-order valence-corrected chi connectivity index (χ3v) is 5.87. The molecule has 2 aromatic heterocycles. The highest BCUT2D eigenvalue weighted by Gasteiger charge is 2.25. The first kappa shape index (κ1) is 21.6. The van der Waals surface area contributed by atoms with Crippen molar-refractivity contribution in [3.63, 3.8) is 0 Å². The number of carbonyl (C=O) groups is 1. The lowest BCUT2D eigenvalue weighted by Crippen LogP contribution is -2.06. The first-order valence-electron chi connectivity index (χ1n) is 10.2. The van der Waals surface area contributed by atoms with Crippen LogP contribution < -0.4 is 10.2 Å². The Balaban J connectivity index is 1.81. The van der Waals surface area contributed by atoms with Crippen LogP contribution in [-0.4, -0.2) is 23.3 Å². The molecule has 8 heteroatoms. The number of phenols is 1. The van der Waals surface area contributed by atoms with Crippen molar-refractivity contribution in [1.29, 1.82) is 0 Å². The number of aromatic hydroxyl groups is 1. The molecule has 0 aliphatic heterocycles. The highest BCUT2D eigenvalue weighted by atomic mass is 35.5. The minimum atomic E-state index is -1.08. The molecule has 170 valence electrons. The number of hydrogen-bond donors (Lipinski definition) is 2. The third-order valence-electron chi connectivity index (χ3n) is 5.61. The number of benzene rings is 3. The number of rotatable bonds is 5. The van der Waals surface area contributed by atoms with Crippen LogP contribution in [0.5, 0.6) is 11.5 Å². The number of methoxy groups -OCH3 is 1. The van der Waals surface area contributed by atoms with E-state index in [9.17, 15) is 19.8 Å². The lowest BCUT2D eigenvalue weighted by molar-refractivity contribution is -0.136. The zero-order valence-corrected chi connectivity index (χ0v) is 18.6. The number of ether oxygens (including phenoxy) is 1. The van der Waals surface area contributed by atoms with E-state index in [4.69, 9.17) is 25.2 Å². The standard InChI is InChI=1S/C26H17ClO7/c1-32-16-8-4-14(5-9-16)25-17(10-21(29)30)22-20(34-25)11-19(28)23-24(31)18(12-33-26(22)23)13-2-6-15(27)7-3-13/h2-9,11-12,28H,10H2,1H3,(H,29,30). The minimum absolute atomic E-state index is 0.0532. The molecule has 0 amide bonds. The molecule has 5 rings (SSSR count). The largest absolute Gasteiger partial charge is 0.507 e. The summed E-state index contributed by atoms with van der Waals surface area (Å²) in [5.41, 5.74) is 1.54. The van der Waals surface area contributed by atoms with Crippen LogP contribution in [0, 0.1) is 0 Å². The average Bonchev–Trinajstić information content (AvgIpc) is 3.17. The molecular weight excluding hydrogens is 460 g/mol. The number of carboxylic acids is 1. The first-order chi connectivity index (χ1) is 16.4. The molecule has 2 N–H and O–H groups in total. The second-order valence-corrected chi connectivity index (χ2v) is 8.10. The van der Waals surface area contributed by atoms with Gasteiger partial charge in [0, 0.05) is 22.2 Å². The summed E-state index contributed by atoms with van der Waals surface area (Å²) in [6.45, 7) is 0. The van der Waals surface area contributed by atoms with Crippen LogP contribution in [-0.2, 0) is 11.2 Å². The van der Waals surface area contributed by atoms with Gasteiger partial charge < -0.3 is 23.8 Å². The SMILES string of the molecule is COc1ccc(-c2oc3cc(O)c4c(=O)c(-c5ccc(Cl)cc5)coc4c3c2CC(=O)O)cc1. The van der Waals surface area contributed by atoms with Crippen LogP contribution in [0.25, 0.3) is 44.4 Å². The maximum absolute atomic E-state index is 13.3. The maximum Gasteiger partial charge on any atom is 0.307 e. The van der Waals surface area contributed by atoms with Crippen LogP contribution in [0.1, 0.15) is 5.56 Å². The maximum atomic E-state index is 13.3. The quantitative estimate of drug-likeness (QED) is 0.326. The van der Waals surface area contributed by atoms with Gasteiger partial charge in [0.1, 0.15) is 34.5 Å². The van der Waals surface area contributed by atoms with Crippen molar-refractivity contribution in [3.8, 4) is 33.9 Å². The summed E-state index contributed by atoms with van der Waals surface area (Å²) in [6, 6.07) is 14.9. The van der Waals surface area contributed by atoms with E-state index in [1.165, 1.54) is 12.3 Å². The number of aliphatic carboxylic acids is 1. The summed E-state index contributed by atoms with van der Waals surface area (Å²) in [5, 5.41) is 21.1. The van der Waals surface area contributed by atoms with E-state index in [-0.39, 0.29) is 34.3 Å². The predicted molar refractivity (Wildman–Crippen MR) is 128 cm³/mol. The van der Waals surface area contributed by atoms with Gasteiger partial charge in [-0.05, 0) is 42.0 Å². The van der Waals surface area contributed by atoms with E-state index in [2.05, 4.69) is 0 Å². The van der Waals surface area contributed by atoms with E-state index < -0.39 is 11.4 Å². The van der Waals surface area contributed by atoms with Gasteiger partial charge in [-0.1, -0.05) is 23.7 Å². The molecular formula is C26H17ClO7. The summed E-state index contributed by atoms with van der Waals surface area (Å²) in [7, 11) is 1.54. The highest BCUT2D eigenvalue weighted by Crippen LogP contribution is 2.41. The smallest absolute Gasteiger partial charge is 0.307 e. The molecule has 0 spiro atoms. The fraction of sp³-hybridized carbons (Fsp3) is 0.0769. The second kappa shape index (κ2) is 8.28. The molecule has 34 heavy (non-hydrogen) atoms. The topological polar surface area (TPSA) is 110 Å². The first-order valence-corrected chi connectivity index (χ1v) is 10.6. The van der Waals surface area contributed by atoms with Crippen molar-refractivity contribution in [3.05, 3.63) is 81.7 Å². The van der Waals surface area contributed by atoms with E-state index >= 15 is 0 Å². The van der Waals surface area contributed by atoms with E-state index in [1.807, 2.05) is 0 Å². The van der Waals surface area contributed by atoms with Crippen LogP contribution in [0.15, 0.2) is 74.5 Å². The molecule has 7 nitrogen and oxygen atoms in total. The summed E-state index contributed by atoms with van der Waals surface area (Å²) in [5.74, 6) is -0.484. The number of furan rings is 1. The van der Waals surface area contributed by atoms with Crippen LogP contribution in [0.2, 0.25) is 5.02 Å². The monoisotopic (exact) mass is 476 g/mol. The zero-order chi connectivity index (χ0) is 24.0. The molecule has 0 unspecified atom stereocenters. The zero-order valence-electron chi connectivity index (χ0n) is 17.8. The summed E-state index contributed by atoms with van der Waals surface area (Å²) in [6.07, 6.45) is 0.911. The fourth-order valence-corrected chi connectivity index (χ4v) is 4.17. The Labute approximate surface area is 197 Å². The van der Waals surface area contributed by atoms with Gasteiger partial charge >= 0.3 is 5.97 Å². The third kappa shape index (κ3) is 3.56. The minimum Gasteiger partial charge on any atom is -0.507 e.